The second kappa shape index (κ2) is 4.55. The summed E-state index contributed by atoms with van der Waals surface area (Å²) in [5.74, 6) is -0.338. The van der Waals surface area contributed by atoms with E-state index < -0.39 is 0 Å². The molecule has 0 aliphatic rings. The lowest BCUT2D eigenvalue weighted by Crippen LogP contribution is -2.15. The Morgan fingerprint density at radius 1 is 1.64 bits per heavy atom. The van der Waals surface area contributed by atoms with Crippen LogP contribution in [0.4, 0.5) is 0 Å². The van der Waals surface area contributed by atoms with Crippen LogP contribution in [-0.2, 0) is 16.0 Å². The van der Waals surface area contributed by atoms with Gasteiger partial charge in [-0.2, -0.15) is 5.10 Å². The summed E-state index contributed by atoms with van der Waals surface area (Å²) in [6.07, 6.45) is 0.0937. The fourth-order valence-electron chi connectivity index (χ4n) is 1.05. The number of aryl methyl sites for hydroxylation is 1. The van der Waals surface area contributed by atoms with E-state index in [0.717, 1.165) is 0 Å². The summed E-state index contributed by atoms with van der Waals surface area (Å²) >= 11 is 0. The van der Waals surface area contributed by atoms with Gasteiger partial charge in [0, 0.05) is 6.07 Å². The van der Waals surface area contributed by atoms with E-state index in [2.05, 4.69) is 10.2 Å². The average molecular weight is 196 g/mol. The zero-order valence-electron chi connectivity index (χ0n) is 8.16. The van der Waals surface area contributed by atoms with Crippen LogP contribution in [0, 0.1) is 6.92 Å². The SMILES string of the molecule is CCOC(=O)Cc1n[nH]c(=O)cc1C. The van der Waals surface area contributed by atoms with Crippen LogP contribution in [0.5, 0.6) is 0 Å². The highest BCUT2D eigenvalue weighted by Crippen LogP contribution is 2.01. The molecular formula is C9H12N2O3. The number of aromatic nitrogens is 2. The van der Waals surface area contributed by atoms with Gasteiger partial charge in [0.25, 0.3) is 5.56 Å². The van der Waals surface area contributed by atoms with Gasteiger partial charge in [0.15, 0.2) is 0 Å². The van der Waals surface area contributed by atoms with Crippen molar-refractivity contribution in [2.45, 2.75) is 20.3 Å². The predicted octanol–water partition coefficient (Wildman–Crippen LogP) is 0.184. The van der Waals surface area contributed by atoms with E-state index in [0.29, 0.717) is 17.9 Å². The third-order valence-electron chi connectivity index (χ3n) is 1.72. The largest absolute Gasteiger partial charge is 0.466 e. The summed E-state index contributed by atoms with van der Waals surface area (Å²) in [6, 6.07) is 1.40. The summed E-state index contributed by atoms with van der Waals surface area (Å²) in [7, 11) is 0. The third-order valence-corrected chi connectivity index (χ3v) is 1.72. The molecule has 0 fully saturated rings. The standard InChI is InChI=1S/C9H12N2O3/c1-3-14-9(13)5-7-6(2)4-8(12)11-10-7/h4H,3,5H2,1-2H3,(H,11,12). The number of nitrogens with one attached hydrogen (secondary N) is 1. The molecule has 0 aromatic carbocycles. The molecule has 0 saturated carbocycles. The van der Waals surface area contributed by atoms with Crippen molar-refractivity contribution in [2.24, 2.45) is 0 Å². The molecule has 1 aromatic rings. The number of H-pyrrole nitrogens is 1. The lowest BCUT2D eigenvalue weighted by molar-refractivity contribution is -0.142. The van der Waals surface area contributed by atoms with Crippen molar-refractivity contribution in [1.82, 2.24) is 10.2 Å². The van der Waals surface area contributed by atoms with Gasteiger partial charge in [-0.05, 0) is 19.4 Å². The van der Waals surface area contributed by atoms with E-state index in [-0.39, 0.29) is 17.9 Å². The number of hydrogen-bond donors (Lipinski definition) is 1. The molecule has 0 spiro atoms. The molecule has 0 radical (unpaired) electrons. The minimum atomic E-state index is -0.338. The van der Waals surface area contributed by atoms with E-state index in [1.54, 1.807) is 13.8 Å². The Morgan fingerprint density at radius 2 is 2.36 bits per heavy atom. The smallest absolute Gasteiger partial charge is 0.311 e. The van der Waals surface area contributed by atoms with Crippen molar-refractivity contribution in [3.8, 4) is 0 Å². The van der Waals surface area contributed by atoms with Crippen molar-refractivity contribution >= 4 is 5.97 Å². The maximum absolute atomic E-state index is 11.1. The molecule has 5 heteroatoms. The van der Waals surface area contributed by atoms with Crippen LogP contribution in [0.2, 0.25) is 0 Å². The van der Waals surface area contributed by atoms with Crippen LogP contribution in [0.15, 0.2) is 10.9 Å². The van der Waals surface area contributed by atoms with E-state index in [1.165, 1.54) is 6.07 Å². The number of nitrogens with zero attached hydrogens (tertiary/aromatic N) is 1. The molecule has 0 unspecified atom stereocenters. The molecule has 1 aromatic heterocycles. The van der Waals surface area contributed by atoms with E-state index in [1.807, 2.05) is 0 Å². The lowest BCUT2D eigenvalue weighted by Gasteiger charge is -2.02. The molecule has 1 heterocycles. The maximum Gasteiger partial charge on any atom is 0.311 e. The molecule has 5 nitrogen and oxygen atoms in total. The van der Waals surface area contributed by atoms with Gasteiger partial charge in [0.1, 0.15) is 0 Å². The monoisotopic (exact) mass is 196 g/mol. The molecule has 0 aliphatic heterocycles. The Balaban J connectivity index is 2.77. The first-order valence-electron chi connectivity index (χ1n) is 4.34. The number of rotatable bonds is 3. The second-order valence-corrected chi connectivity index (χ2v) is 2.84. The number of carbonyl (C=O) groups is 1. The summed E-state index contributed by atoms with van der Waals surface area (Å²) in [5, 5.41) is 6.04. The minimum absolute atomic E-state index is 0.0937. The van der Waals surface area contributed by atoms with Crippen LogP contribution in [0.1, 0.15) is 18.2 Å². The van der Waals surface area contributed by atoms with Crippen LogP contribution < -0.4 is 5.56 Å². The zero-order valence-corrected chi connectivity index (χ0v) is 8.16. The first-order chi connectivity index (χ1) is 6.63. The second-order valence-electron chi connectivity index (χ2n) is 2.84. The number of aromatic amines is 1. The summed E-state index contributed by atoms with van der Waals surface area (Å²) < 4.78 is 4.76. The van der Waals surface area contributed by atoms with Crippen molar-refractivity contribution in [3.63, 3.8) is 0 Å². The molecule has 14 heavy (non-hydrogen) atoms. The molecule has 0 saturated heterocycles. The Labute approximate surface area is 81.1 Å². The minimum Gasteiger partial charge on any atom is -0.466 e. The van der Waals surface area contributed by atoms with Gasteiger partial charge >= 0.3 is 5.97 Å². The molecule has 0 bridgehead atoms. The summed E-state index contributed by atoms with van der Waals surface area (Å²) in [4.78, 5) is 21.9. The highest BCUT2D eigenvalue weighted by Gasteiger charge is 2.08. The van der Waals surface area contributed by atoms with Crippen LogP contribution in [0.25, 0.3) is 0 Å². The molecule has 0 aliphatic carbocycles. The third kappa shape index (κ3) is 2.69. The molecule has 0 amide bonds. The van der Waals surface area contributed by atoms with Crippen molar-refractivity contribution in [1.29, 1.82) is 0 Å². The fourth-order valence-corrected chi connectivity index (χ4v) is 1.05. The lowest BCUT2D eigenvalue weighted by atomic mass is 10.2. The van der Waals surface area contributed by atoms with E-state index in [9.17, 15) is 9.59 Å². The van der Waals surface area contributed by atoms with E-state index in [4.69, 9.17) is 4.74 Å². The number of carbonyl (C=O) groups excluding carboxylic acids is 1. The molecule has 1 N–H and O–H groups in total. The molecule has 0 atom stereocenters. The Kier molecular flexibility index (Phi) is 3.39. The van der Waals surface area contributed by atoms with Gasteiger partial charge in [-0.25, -0.2) is 5.10 Å². The first-order valence-corrected chi connectivity index (χ1v) is 4.34. The van der Waals surface area contributed by atoms with Crippen LogP contribution in [-0.4, -0.2) is 22.8 Å². The van der Waals surface area contributed by atoms with Gasteiger partial charge in [-0.1, -0.05) is 0 Å². The Hall–Kier alpha value is -1.65. The molecular weight excluding hydrogens is 184 g/mol. The Bertz CT molecular complexity index is 384. The quantitative estimate of drug-likeness (QED) is 0.700. The normalized spacial score (nSPS) is 9.86. The first kappa shape index (κ1) is 10.4. The summed E-state index contributed by atoms with van der Waals surface area (Å²) in [5.41, 5.74) is 0.972. The van der Waals surface area contributed by atoms with Crippen molar-refractivity contribution in [3.05, 3.63) is 27.7 Å². The fraction of sp³-hybridized carbons (Fsp3) is 0.444. The molecule has 76 valence electrons. The van der Waals surface area contributed by atoms with E-state index >= 15 is 0 Å². The van der Waals surface area contributed by atoms with Crippen LogP contribution >= 0.6 is 0 Å². The van der Waals surface area contributed by atoms with Gasteiger partial charge in [-0.15, -0.1) is 0 Å². The number of esters is 1. The zero-order chi connectivity index (χ0) is 10.6. The Morgan fingerprint density at radius 3 is 2.93 bits per heavy atom. The average Bonchev–Trinajstić information content (AvgIpc) is 2.10. The highest BCUT2D eigenvalue weighted by molar-refractivity contribution is 5.72. The number of hydrogen-bond acceptors (Lipinski definition) is 4. The predicted molar refractivity (Wildman–Crippen MR) is 49.9 cm³/mol. The highest BCUT2D eigenvalue weighted by atomic mass is 16.5. The molecule has 1 rings (SSSR count). The topological polar surface area (TPSA) is 72.0 Å². The summed E-state index contributed by atoms with van der Waals surface area (Å²) in [6.45, 7) is 3.82. The van der Waals surface area contributed by atoms with Crippen molar-refractivity contribution < 1.29 is 9.53 Å². The van der Waals surface area contributed by atoms with Crippen LogP contribution in [0.3, 0.4) is 0 Å². The van der Waals surface area contributed by atoms with Gasteiger partial charge < -0.3 is 4.74 Å². The number of ether oxygens (including phenoxy) is 1. The van der Waals surface area contributed by atoms with Gasteiger partial charge in [0.2, 0.25) is 0 Å². The van der Waals surface area contributed by atoms with Gasteiger partial charge in [-0.3, -0.25) is 9.59 Å². The van der Waals surface area contributed by atoms with Crippen molar-refractivity contribution in [2.75, 3.05) is 6.61 Å². The maximum atomic E-state index is 11.1. The van der Waals surface area contributed by atoms with Gasteiger partial charge in [0.05, 0.1) is 18.7 Å².